The quantitative estimate of drug-likeness (QED) is 0.921. The first kappa shape index (κ1) is 15.3. The fourth-order valence-corrected chi connectivity index (χ4v) is 2.20. The van der Waals surface area contributed by atoms with Crippen LogP contribution < -0.4 is 10.5 Å². The Hall–Kier alpha value is -2.09. The van der Waals surface area contributed by atoms with Gasteiger partial charge in [-0.25, -0.2) is 4.98 Å². The second-order valence-electron chi connectivity index (χ2n) is 4.85. The Morgan fingerprint density at radius 2 is 2.19 bits per heavy atom. The van der Waals surface area contributed by atoms with Crippen molar-refractivity contribution < 1.29 is 4.74 Å². The van der Waals surface area contributed by atoms with Gasteiger partial charge in [0.15, 0.2) is 0 Å². The molecule has 2 aromatic rings. The maximum Gasteiger partial charge on any atom is 0.147 e. The number of benzene rings is 1. The highest BCUT2D eigenvalue weighted by Crippen LogP contribution is 2.25. The topological polar surface area (TPSA) is 71.9 Å². The maximum absolute atomic E-state index is 9.02. The lowest BCUT2D eigenvalue weighted by Gasteiger charge is -2.14. The number of ether oxygens (including phenoxy) is 1. The van der Waals surface area contributed by atoms with Crippen LogP contribution in [0.15, 0.2) is 36.5 Å². The van der Waals surface area contributed by atoms with Crippen LogP contribution in [0.4, 0.5) is 0 Å². The van der Waals surface area contributed by atoms with Gasteiger partial charge in [0.1, 0.15) is 24.1 Å². The van der Waals surface area contributed by atoms with Crippen molar-refractivity contribution >= 4 is 11.6 Å². The highest BCUT2D eigenvalue weighted by molar-refractivity contribution is 6.30. The molecular formula is C16H16ClN3O. The molecule has 0 amide bonds. The molecule has 0 aliphatic carbocycles. The van der Waals surface area contributed by atoms with Gasteiger partial charge in [-0.3, -0.25) is 0 Å². The summed E-state index contributed by atoms with van der Waals surface area (Å²) in [5.74, 6) is 0.726. The van der Waals surface area contributed by atoms with E-state index in [9.17, 15) is 0 Å². The molecule has 0 radical (unpaired) electrons. The van der Waals surface area contributed by atoms with Gasteiger partial charge in [-0.2, -0.15) is 5.26 Å². The Labute approximate surface area is 129 Å². The van der Waals surface area contributed by atoms with Crippen LogP contribution in [0.5, 0.6) is 5.75 Å². The van der Waals surface area contributed by atoms with E-state index >= 15 is 0 Å². The van der Waals surface area contributed by atoms with Gasteiger partial charge in [0.2, 0.25) is 0 Å². The SMILES string of the molecule is CC(N)Cc1cc(Cl)ccc1OCc1cccnc1C#N. The van der Waals surface area contributed by atoms with E-state index < -0.39 is 0 Å². The molecule has 1 atom stereocenters. The second-order valence-corrected chi connectivity index (χ2v) is 5.28. The molecule has 0 saturated carbocycles. The van der Waals surface area contributed by atoms with E-state index in [1.165, 1.54) is 0 Å². The average Bonchev–Trinajstić information content (AvgIpc) is 2.46. The zero-order valence-electron chi connectivity index (χ0n) is 11.7. The first-order chi connectivity index (χ1) is 10.1. The molecule has 2 N–H and O–H groups in total. The summed E-state index contributed by atoms with van der Waals surface area (Å²) in [6, 6.07) is 11.1. The Morgan fingerprint density at radius 3 is 2.90 bits per heavy atom. The number of nitriles is 1. The molecule has 0 bridgehead atoms. The summed E-state index contributed by atoms with van der Waals surface area (Å²) in [6.07, 6.45) is 2.26. The predicted octanol–water partition coefficient (Wildman–Crippen LogP) is 3.08. The molecule has 1 aromatic carbocycles. The van der Waals surface area contributed by atoms with Crippen molar-refractivity contribution in [1.82, 2.24) is 4.98 Å². The molecular weight excluding hydrogens is 286 g/mol. The van der Waals surface area contributed by atoms with Crippen molar-refractivity contribution in [2.24, 2.45) is 5.73 Å². The summed E-state index contributed by atoms with van der Waals surface area (Å²) in [5.41, 5.74) is 7.93. The third-order valence-electron chi connectivity index (χ3n) is 2.94. The van der Waals surface area contributed by atoms with Gasteiger partial charge in [0.05, 0.1) is 0 Å². The van der Waals surface area contributed by atoms with Gasteiger partial charge >= 0.3 is 0 Å². The molecule has 1 aromatic heterocycles. The third kappa shape index (κ3) is 4.19. The first-order valence-electron chi connectivity index (χ1n) is 6.61. The first-order valence-corrected chi connectivity index (χ1v) is 6.98. The van der Waals surface area contributed by atoms with Gasteiger partial charge < -0.3 is 10.5 Å². The molecule has 4 nitrogen and oxygen atoms in total. The lowest BCUT2D eigenvalue weighted by Crippen LogP contribution is -2.18. The maximum atomic E-state index is 9.02. The van der Waals surface area contributed by atoms with Crippen LogP contribution in [-0.2, 0) is 13.0 Å². The third-order valence-corrected chi connectivity index (χ3v) is 3.18. The summed E-state index contributed by atoms with van der Waals surface area (Å²) < 4.78 is 5.82. The summed E-state index contributed by atoms with van der Waals surface area (Å²) in [7, 11) is 0. The fourth-order valence-electron chi connectivity index (χ4n) is 2.01. The van der Waals surface area contributed by atoms with Crippen molar-refractivity contribution in [2.75, 3.05) is 0 Å². The standard InChI is InChI=1S/C16H16ClN3O/c1-11(19)7-13-8-14(17)4-5-16(13)21-10-12-3-2-6-20-15(12)9-18/h2-6,8,11H,7,10,19H2,1H3. The summed E-state index contributed by atoms with van der Waals surface area (Å²) >= 11 is 6.02. The molecule has 0 spiro atoms. The fraction of sp³-hybridized carbons (Fsp3) is 0.250. The highest BCUT2D eigenvalue weighted by Gasteiger charge is 2.09. The van der Waals surface area contributed by atoms with Gasteiger partial charge in [0.25, 0.3) is 0 Å². The molecule has 2 rings (SSSR count). The van der Waals surface area contributed by atoms with Gasteiger partial charge in [0, 0.05) is 22.8 Å². The van der Waals surface area contributed by atoms with Crippen LogP contribution in [0.25, 0.3) is 0 Å². The van der Waals surface area contributed by atoms with Gasteiger partial charge in [-0.05, 0) is 43.2 Å². The number of rotatable bonds is 5. The normalized spacial score (nSPS) is 11.7. The molecule has 0 fully saturated rings. The smallest absolute Gasteiger partial charge is 0.147 e. The molecule has 0 aliphatic heterocycles. The number of aromatic nitrogens is 1. The largest absolute Gasteiger partial charge is 0.489 e. The van der Waals surface area contributed by atoms with Crippen LogP contribution in [0.1, 0.15) is 23.7 Å². The Balaban J connectivity index is 2.18. The van der Waals surface area contributed by atoms with Gasteiger partial charge in [-0.1, -0.05) is 17.7 Å². The van der Waals surface area contributed by atoms with Crippen LogP contribution in [-0.4, -0.2) is 11.0 Å². The number of nitrogens with two attached hydrogens (primary N) is 1. The second kappa shape index (κ2) is 7.07. The number of hydrogen-bond acceptors (Lipinski definition) is 4. The van der Waals surface area contributed by atoms with Crippen molar-refractivity contribution in [3.05, 3.63) is 58.4 Å². The van der Waals surface area contributed by atoms with E-state index in [0.29, 0.717) is 17.1 Å². The minimum atomic E-state index is 0.0129. The summed E-state index contributed by atoms with van der Waals surface area (Å²) in [5, 5.41) is 9.67. The number of pyridine rings is 1. The van der Waals surface area contributed by atoms with E-state index in [1.807, 2.05) is 25.1 Å². The highest BCUT2D eigenvalue weighted by atomic mass is 35.5. The number of halogens is 1. The molecule has 0 saturated heterocycles. The number of nitrogens with zero attached hydrogens (tertiary/aromatic N) is 2. The lowest BCUT2D eigenvalue weighted by atomic mass is 10.1. The molecule has 5 heteroatoms. The monoisotopic (exact) mass is 301 g/mol. The Morgan fingerprint density at radius 1 is 1.38 bits per heavy atom. The van der Waals surface area contributed by atoms with Crippen molar-refractivity contribution in [2.45, 2.75) is 26.0 Å². The van der Waals surface area contributed by atoms with Crippen LogP contribution >= 0.6 is 11.6 Å². The van der Waals surface area contributed by atoms with E-state index in [0.717, 1.165) is 16.9 Å². The molecule has 0 aliphatic rings. The molecule has 1 heterocycles. The van der Waals surface area contributed by atoms with Crippen molar-refractivity contribution in [3.8, 4) is 11.8 Å². The van der Waals surface area contributed by atoms with Crippen LogP contribution in [0.2, 0.25) is 5.02 Å². The molecule has 21 heavy (non-hydrogen) atoms. The van der Waals surface area contributed by atoms with Gasteiger partial charge in [-0.15, -0.1) is 0 Å². The minimum absolute atomic E-state index is 0.0129. The van der Waals surface area contributed by atoms with Crippen molar-refractivity contribution in [3.63, 3.8) is 0 Å². The van der Waals surface area contributed by atoms with E-state index in [2.05, 4.69) is 11.1 Å². The predicted molar refractivity (Wildman–Crippen MR) is 82.1 cm³/mol. The zero-order chi connectivity index (χ0) is 15.2. The number of hydrogen-bond donors (Lipinski definition) is 1. The van der Waals surface area contributed by atoms with E-state index in [1.54, 1.807) is 18.3 Å². The summed E-state index contributed by atoms with van der Waals surface area (Å²) in [4.78, 5) is 4.01. The van der Waals surface area contributed by atoms with Crippen LogP contribution in [0, 0.1) is 11.3 Å². The zero-order valence-corrected chi connectivity index (χ0v) is 12.5. The molecule has 1 unspecified atom stereocenters. The van der Waals surface area contributed by atoms with E-state index in [-0.39, 0.29) is 12.6 Å². The van der Waals surface area contributed by atoms with Crippen LogP contribution in [0.3, 0.4) is 0 Å². The van der Waals surface area contributed by atoms with E-state index in [4.69, 9.17) is 27.3 Å². The Kier molecular flexibility index (Phi) is 5.15. The summed E-state index contributed by atoms with van der Waals surface area (Å²) in [6.45, 7) is 2.21. The Bertz CT molecular complexity index is 665. The minimum Gasteiger partial charge on any atom is -0.489 e. The van der Waals surface area contributed by atoms with Crippen molar-refractivity contribution in [1.29, 1.82) is 5.26 Å². The lowest BCUT2D eigenvalue weighted by molar-refractivity contribution is 0.301. The molecule has 108 valence electrons. The average molecular weight is 302 g/mol.